The number of allylic oxidation sites excluding steroid dienone is 2. The molecule has 17 heavy (non-hydrogen) atoms. The molecule has 2 nitrogen and oxygen atoms in total. The van der Waals surface area contributed by atoms with Crippen LogP contribution in [0.25, 0.3) is 12.2 Å². The maximum Gasteiger partial charge on any atom is 0.0727 e. The molecule has 3 aliphatic rings. The Morgan fingerprint density at radius 3 is 1.82 bits per heavy atom. The van der Waals surface area contributed by atoms with Gasteiger partial charge in [-0.3, -0.25) is 0 Å². The third kappa shape index (κ3) is 1.21. The number of hydrogen-bond acceptors (Lipinski definition) is 2. The normalized spacial score (nSPS) is 19.3. The van der Waals surface area contributed by atoms with Gasteiger partial charge in [0.25, 0.3) is 0 Å². The van der Waals surface area contributed by atoms with Crippen molar-refractivity contribution in [3.05, 3.63) is 47.1 Å². The molecule has 0 saturated carbocycles. The summed E-state index contributed by atoms with van der Waals surface area (Å²) in [5, 5.41) is 2.67. The monoisotopic (exact) mass is 222 g/mol. The van der Waals surface area contributed by atoms with Crippen molar-refractivity contribution in [3.8, 4) is 0 Å². The van der Waals surface area contributed by atoms with Gasteiger partial charge in [0.15, 0.2) is 0 Å². The van der Waals surface area contributed by atoms with Crippen LogP contribution >= 0.6 is 0 Å². The van der Waals surface area contributed by atoms with Crippen molar-refractivity contribution in [3.63, 3.8) is 0 Å². The van der Waals surface area contributed by atoms with Gasteiger partial charge in [0.1, 0.15) is 0 Å². The lowest BCUT2D eigenvalue weighted by atomic mass is 10.1. The van der Waals surface area contributed by atoms with Gasteiger partial charge in [-0.05, 0) is 18.6 Å². The van der Waals surface area contributed by atoms with Crippen LogP contribution in [0, 0.1) is 0 Å². The Hall–Kier alpha value is -1.96. The van der Waals surface area contributed by atoms with Gasteiger partial charge in [-0.25, -0.2) is 0 Å². The second-order valence-electron chi connectivity index (χ2n) is 4.70. The van der Waals surface area contributed by atoms with Gasteiger partial charge >= 0.3 is 0 Å². The molecular weight excluding hydrogens is 208 g/mol. The van der Waals surface area contributed by atoms with Gasteiger partial charge in [-0.15, -0.1) is 0 Å². The first-order chi connectivity index (χ1) is 8.43. The van der Waals surface area contributed by atoms with Gasteiger partial charge in [-0.1, -0.05) is 24.3 Å². The van der Waals surface area contributed by atoms with E-state index in [1.54, 1.807) is 0 Å². The summed E-state index contributed by atoms with van der Waals surface area (Å²) >= 11 is 0. The quantitative estimate of drug-likeness (QED) is 0.653. The smallest absolute Gasteiger partial charge is 0.0727 e. The third-order valence-corrected chi connectivity index (χ3v) is 3.67. The summed E-state index contributed by atoms with van der Waals surface area (Å²) in [6, 6.07) is 4.45. The molecule has 0 saturated heterocycles. The van der Waals surface area contributed by atoms with E-state index in [1.165, 1.54) is 28.2 Å². The first-order valence-electron chi connectivity index (χ1n) is 6.17. The van der Waals surface area contributed by atoms with E-state index in [0.29, 0.717) is 0 Å². The lowest BCUT2D eigenvalue weighted by molar-refractivity contribution is 0.816. The lowest BCUT2D eigenvalue weighted by Gasteiger charge is -2.27. The van der Waals surface area contributed by atoms with Crippen molar-refractivity contribution in [2.45, 2.75) is 6.42 Å². The third-order valence-electron chi connectivity index (χ3n) is 3.67. The summed E-state index contributed by atoms with van der Waals surface area (Å²) in [7, 11) is 0. The topological polar surface area (TPSA) is 6.48 Å². The molecule has 0 N–H and O–H groups in total. The molecule has 1 aromatic carbocycles. The Labute approximate surface area is 100 Å². The van der Waals surface area contributed by atoms with Crippen molar-refractivity contribution >= 4 is 23.5 Å². The Balaban J connectivity index is 2.14. The largest absolute Gasteiger partial charge is 0.346 e. The van der Waals surface area contributed by atoms with Crippen molar-refractivity contribution in [1.82, 2.24) is 0 Å². The fraction of sp³-hybridized carbons (Fsp3) is 0.200. The number of benzene rings is 1. The molecule has 0 amide bonds. The highest BCUT2D eigenvalue weighted by molar-refractivity contribution is 5.81. The Morgan fingerprint density at radius 1 is 0.765 bits per heavy atom. The fourth-order valence-electron chi connectivity index (χ4n) is 2.92. The van der Waals surface area contributed by atoms with Gasteiger partial charge in [0.2, 0.25) is 0 Å². The minimum atomic E-state index is 1.11. The van der Waals surface area contributed by atoms with Crippen molar-refractivity contribution in [2.75, 3.05) is 22.9 Å². The number of hydrogen-bond donors (Lipinski definition) is 0. The molecule has 3 heterocycles. The molecule has 2 heteroatoms. The maximum absolute atomic E-state index is 2.39. The second-order valence-corrected chi connectivity index (χ2v) is 4.70. The van der Waals surface area contributed by atoms with Crippen LogP contribution in [-0.2, 0) is 0 Å². The van der Waals surface area contributed by atoms with Crippen LogP contribution in [0.2, 0.25) is 0 Å². The molecule has 3 aliphatic heterocycles. The molecule has 0 unspecified atom stereocenters. The SMILES string of the molecule is C1=CN2CCCN3C=CC=c4ccc(c2c43)=C1. The van der Waals surface area contributed by atoms with E-state index >= 15 is 0 Å². The average Bonchev–Trinajstić information content (AvgIpc) is 2.57. The number of nitrogens with zero attached hydrogens (tertiary/aromatic N) is 2. The summed E-state index contributed by atoms with van der Waals surface area (Å²) in [5.41, 5.74) is 2.76. The fourth-order valence-corrected chi connectivity index (χ4v) is 2.92. The first kappa shape index (κ1) is 9.11. The molecule has 4 rings (SSSR count). The summed E-state index contributed by atoms with van der Waals surface area (Å²) in [6.45, 7) is 2.22. The minimum absolute atomic E-state index is 1.11. The van der Waals surface area contributed by atoms with Crippen LogP contribution in [-0.4, -0.2) is 13.1 Å². The number of anilines is 2. The minimum Gasteiger partial charge on any atom is -0.346 e. The van der Waals surface area contributed by atoms with E-state index < -0.39 is 0 Å². The molecule has 0 aliphatic carbocycles. The van der Waals surface area contributed by atoms with E-state index in [4.69, 9.17) is 0 Å². The average molecular weight is 222 g/mol. The Bertz CT molecular complexity index is 595. The molecule has 1 aromatic rings. The molecule has 0 atom stereocenters. The van der Waals surface area contributed by atoms with Crippen LogP contribution in [0.4, 0.5) is 11.4 Å². The van der Waals surface area contributed by atoms with Crippen LogP contribution in [0.5, 0.6) is 0 Å². The molecule has 0 fully saturated rings. The van der Waals surface area contributed by atoms with Crippen molar-refractivity contribution in [1.29, 1.82) is 0 Å². The Morgan fingerprint density at radius 2 is 1.29 bits per heavy atom. The molecular formula is C15H14N2. The van der Waals surface area contributed by atoms with Crippen LogP contribution in [0.3, 0.4) is 0 Å². The molecule has 0 aromatic heterocycles. The summed E-state index contributed by atoms with van der Waals surface area (Å²) in [4.78, 5) is 4.78. The highest BCUT2D eigenvalue weighted by Crippen LogP contribution is 2.29. The number of rotatable bonds is 0. The van der Waals surface area contributed by atoms with Gasteiger partial charge in [0, 0.05) is 35.9 Å². The zero-order valence-corrected chi connectivity index (χ0v) is 9.63. The van der Waals surface area contributed by atoms with E-state index in [0.717, 1.165) is 13.1 Å². The van der Waals surface area contributed by atoms with Crippen LogP contribution < -0.4 is 20.2 Å². The second kappa shape index (κ2) is 3.27. The maximum atomic E-state index is 2.39. The van der Waals surface area contributed by atoms with Gasteiger partial charge in [0.05, 0.1) is 11.4 Å². The zero-order valence-electron chi connectivity index (χ0n) is 9.63. The van der Waals surface area contributed by atoms with E-state index in [9.17, 15) is 0 Å². The van der Waals surface area contributed by atoms with E-state index in [-0.39, 0.29) is 0 Å². The van der Waals surface area contributed by atoms with Gasteiger partial charge < -0.3 is 9.80 Å². The summed E-state index contributed by atoms with van der Waals surface area (Å²) < 4.78 is 0. The first-order valence-corrected chi connectivity index (χ1v) is 6.17. The highest BCUT2D eigenvalue weighted by atomic mass is 15.2. The highest BCUT2D eigenvalue weighted by Gasteiger charge is 2.22. The standard InChI is InChI=1S/C15H14N2/c1-4-12-6-7-13-5-2-9-17-11-3-10-16(8-1)14(12)15(13)17/h1-2,4-9H,3,10-11H2. The van der Waals surface area contributed by atoms with Crippen LogP contribution in [0.15, 0.2) is 36.7 Å². The predicted molar refractivity (Wildman–Crippen MR) is 72.2 cm³/mol. The Kier molecular flexibility index (Phi) is 1.75. The lowest BCUT2D eigenvalue weighted by Crippen LogP contribution is -2.30. The zero-order chi connectivity index (χ0) is 11.2. The molecule has 84 valence electrons. The molecule has 0 radical (unpaired) electrons. The predicted octanol–water partition coefficient (Wildman–Crippen LogP) is 1.32. The van der Waals surface area contributed by atoms with Crippen LogP contribution in [0.1, 0.15) is 6.42 Å². The van der Waals surface area contributed by atoms with Gasteiger partial charge in [-0.2, -0.15) is 0 Å². The molecule has 0 bridgehead atoms. The van der Waals surface area contributed by atoms with E-state index in [1.807, 2.05) is 0 Å². The summed E-state index contributed by atoms with van der Waals surface area (Å²) in [6.07, 6.45) is 14.3. The van der Waals surface area contributed by atoms with E-state index in [2.05, 4.69) is 58.6 Å². The molecule has 0 spiro atoms. The summed E-state index contributed by atoms with van der Waals surface area (Å²) in [5.74, 6) is 0. The van der Waals surface area contributed by atoms with Crippen molar-refractivity contribution in [2.24, 2.45) is 0 Å². The van der Waals surface area contributed by atoms with Crippen molar-refractivity contribution < 1.29 is 0 Å².